The zero-order valence-corrected chi connectivity index (χ0v) is 15.0. The van der Waals surface area contributed by atoms with E-state index in [4.69, 9.17) is 0 Å². The van der Waals surface area contributed by atoms with Crippen molar-refractivity contribution >= 4 is 17.6 Å². The first-order valence-corrected chi connectivity index (χ1v) is 9.25. The highest BCUT2D eigenvalue weighted by molar-refractivity contribution is 5.98. The summed E-state index contributed by atoms with van der Waals surface area (Å²) in [6.45, 7) is 2.62. The van der Waals surface area contributed by atoms with Gasteiger partial charge in [0.1, 0.15) is 5.82 Å². The van der Waals surface area contributed by atoms with Crippen LogP contribution in [0.3, 0.4) is 0 Å². The zero-order chi connectivity index (χ0) is 17.6. The molecule has 1 aromatic heterocycles. The first-order chi connectivity index (χ1) is 12.0. The van der Waals surface area contributed by atoms with Crippen LogP contribution >= 0.6 is 0 Å². The normalized spacial score (nSPS) is 28.6. The molecule has 2 amide bonds. The van der Waals surface area contributed by atoms with Crippen LogP contribution in [-0.2, 0) is 4.79 Å². The van der Waals surface area contributed by atoms with Gasteiger partial charge in [0, 0.05) is 52.4 Å². The molecule has 3 fully saturated rings. The molecule has 3 atom stereocenters. The SMILES string of the molecule is CN(C)C(=O)c1cccnc1N1C[C@H]2C[C@H](C1)[C@H]1CCCC(=O)N1C2. The average molecular weight is 342 g/mol. The molecule has 134 valence electrons. The molecule has 0 aliphatic carbocycles. The number of aromatic nitrogens is 1. The highest BCUT2D eigenvalue weighted by atomic mass is 16.2. The third-order valence-electron chi connectivity index (χ3n) is 5.90. The molecule has 6 nitrogen and oxygen atoms in total. The second-order valence-electron chi connectivity index (χ2n) is 7.85. The van der Waals surface area contributed by atoms with Crippen LogP contribution in [-0.4, -0.2) is 66.4 Å². The number of pyridine rings is 1. The van der Waals surface area contributed by atoms with Crippen molar-refractivity contribution in [2.24, 2.45) is 11.8 Å². The number of fused-ring (bicyclic) bond motifs is 4. The minimum atomic E-state index is -0.00620. The Morgan fingerprint density at radius 2 is 2.12 bits per heavy atom. The maximum atomic E-state index is 12.5. The third kappa shape index (κ3) is 2.87. The monoisotopic (exact) mass is 342 g/mol. The fourth-order valence-corrected chi connectivity index (χ4v) is 4.84. The molecule has 0 radical (unpaired) electrons. The van der Waals surface area contributed by atoms with Gasteiger partial charge in [0.05, 0.1) is 5.56 Å². The van der Waals surface area contributed by atoms with Gasteiger partial charge in [0.25, 0.3) is 5.91 Å². The van der Waals surface area contributed by atoms with Gasteiger partial charge in [-0.3, -0.25) is 9.59 Å². The molecule has 1 aromatic rings. The van der Waals surface area contributed by atoms with Crippen LogP contribution in [0.4, 0.5) is 5.82 Å². The molecule has 3 aliphatic heterocycles. The number of carbonyl (C=O) groups is 2. The molecule has 0 unspecified atom stereocenters. The van der Waals surface area contributed by atoms with Crippen molar-refractivity contribution in [3.8, 4) is 0 Å². The molecule has 6 heteroatoms. The molecule has 25 heavy (non-hydrogen) atoms. The Hall–Kier alpha value is -2.11. The number of piperidine rings is 3. The Morgan fingerprint density at radius 1 is 1.28 bits per heavy atom. The molecular formula is C19H26N4O2. The zero-order valence-electron chi connectivity index (χ0n) is 15.0. The summed E-state index contributed by atoms with van der Waals surface area (Å²) in [7, 11) is 3.55. The van der Waals surface area contributed by atoms with Gasteiger partial charge in [-0.1, -0.05) is 0 Å². The number of anilines is 1. The van der Waals surface area contributed by atoms with E-state index in [9.17, 15) is 9.59 Å². The van der Waals surface area contributed by atoms with Crippen molar-refractivity contribution in [1.29, 1.82) is 0 Å². The van der Waals surface area contributed by atoms with Gasteiger partial charge in [-0.25, -0.2) is 4.98 Å². The van der Waals surface area contributed by atoms with E-state index in [0.29, 0.717) is 35.8 Å². The van der Waals surface area contributed by atoms with E-state index in [0.717, 1.165) is 38.3 Å². The van der Waals surface area contributed by atoms with E-state index in [1.165, 1.54) is 6.42 Å². The Morgan fingerprint density at radius 3 is 2.92 bits per heavy atom. The van der Waals surface area contributed by atoms with E-state index in [1.807, 2.05) is 12.1 Å². The van der Waals surface area contributed by atoms with E-state index in [-0.39, 0.29) is 5.91 Å². The van der Waals surface area contributed by atoms with Gasteiger partial charge in [0.15, 0.2) is 0 Å². The lowest BCUT2D eigenvalue weighted by atomic mass is 9.76. The summed E-state index contributed by atoms with van der Waals surface area (Å²) in [5, 5.41) is 0. The summed E-state index contributed by atoms with van der Waals surface area (Å²) < 4.78 is 0. The van der Waals surface area contributed by atoms with Crippen LogP contribution in [0.1, 0.15) is 36.0 Å². The van der Waals surface area contributed by atoms with Gasteiger partial charge >= 0.3 is 0 Å². The first-order valence-electron chi connectivity index (χ1n) is 9.25. The van der Waals surface area contributed by atoms with Crippen molar-refractivity contribution < 1.29 is 9.59 Å². The van der Waals surface area contributed by atoms with Gasteiger partial charge in [0.2, 0.25) is 5.91 Å². The quantitative estimate of drug-likeness (QED) is 0.820. The van der Waals surface area contributed by atoms with Crippen molar-refractivity contribution in [1.82, 2.24) is 14.8 Å². The lowest BCUT2D eigenvalue weighted by Crippen LogP contribution is -2.60. The molecular weight excluding hydrogens is 316 g/mol. The Kier molecular flexibility index (Phi) is 4.13. The largest absolute Gasteiger partial charge is 0.355 e. The van der Waals surface area contributed by atoms with Crippen molar-refractivity contribution in [2.45, 2.75) is 31.7 Å². The topological polar surface area (TPSA) is 56.8 Å². The lowest BCUT2D eigenvalue weighted by Gasteiger charge is -2.52. The van der Waals surface area contributed by atoms with Crippen molar-refractivity contribution in [2.75, 3.05) is 38.6 Å². The molecule has 0 spiro atoms. The van der Waals surface area contributed by atoms with E-state index in [2.05, 4.69) is 14.8 Å². The van der Waals surface area contributed by atoms with Gasteiger partial charge < -0.3 is 14.7 Å². The van der Waals surface area contributed by atoms with E-state index in [1.54, 1.807) is 25.2 Å². The highest BCUT2D eigenvalue weighted by Gasteiger charge is 2.44. The van der Waals surface area contributed by atoms with Gasteiger partial charge in [-0.05, 0) is 43.2 Å². The Bertz CT molecular complexity index is 690. The minimum Gasteiger partial charge on any atom is -0.355 e. The summed E-state index contributed by atoms with van der Waals surface area (Å²) in [6.07, 6.45) is 5.79. The summed E-state index contributed by atoms with van der Waals surface area (Å²) >= 11 is 0. The van der Waals surface area contributed by atoms with Crippen molar-refractivity contribution in [3.05, 3.63) is 23.9 Å². The van der Waals surface area contributed by atoms with Crippen LogP contribution in [0.5, 0.6) is 0 Å². The van der Waals surface area contributed by atoms with Gasteiger partial charge in [-0.15, -0.1) is 0 Å². The highest BCUT2D eigenvalue weighted by Crippen LogP contribution is 2.39. The Balaban J connectivity index is 1.60. The molecule has 0 aromatic carbocycles. The standard InChI is InChI=1S/C19H26N4O2/c1-21(2)19(25)15-5-4-8-20-18(15)22-10-13-9-14(12-22)16-6-3-7-17(24)23(16)11-13/h4-5,8,13-14,16H,3,6-7,9-12H2,1-2H3/t13-,14-,16-/m1/s1. The fourth-order valence-electron chi connectivity index (χ4n) is 4.84. The van der Waals surface area contributed by atoms with Crippen molar-refractivity contribution in [3.63, 3.8) is 0 Å². The molecule has 3 aliphatic rings. The molecule has 0 N–H and O–H groups in total. The second kappa shape index (κ2) is 6.32. The first kappa shape index (κ1) is 16.4. The predicted octanol–water partition coefficient (Wildman–Crippen LogP) is 1.62. The lowest BCUT2D eigenvalue weighted by molar-refractivity contribution is -0.142. The summed E-state index contributed by atoms with van der Waals surface area (Å²) in [4.78, 5) is 35.4. The smallest absolute Gasteiger partial charge is 0.257 e. The Labute approximate surface area is 148 Å². The molecule has 4 heterocycles. The number of hydrogen-bond acceptors (Lipinski definition) is 4. The number of rotatable bonds is 2. The molecule has 2 bridgehead atoms. The minimum absolute atomic E-state index is 0.00620. The van der Waals surface area contributed by atoms with E-state index >= 15 is 0 Å². The fraction of sp³-hybridized carbons (Fsp3) is 0.632. The summed E-state index contributed by atoms with van der Waals surface area (Å²) in [5.41, 5.74) is 0.670. The predicted molar refractivity (Wildman–Crippen MR) is 95.4 cm³/mol. The number of hydrogen-bond donors (Lipinski definition) is 0. The van der Waals surface area contributed by atoms with Crippen LogP contribution in [0.2, 0.25) is 0 Å². The van der Waals surface area contributed by atoms with Crippen LogP contribution in [0.15, 0.2) is 18.3 Å². The number of nitrogens with zero attached hydrogens (tertiary/aromatic N) is 4. The van der Waals surface area contributed by atoms with Gasteiger partial charge in [-0.2, -0.15) is 0 Å². The maximum Gasteiger partial charge on any atom is 0.257 e. The average Bonchev–Trinajstić information content (AvgIpc) is 2.62. The van der Waals surface area contributed by atoms with E-state index < -0.39 is 0 Å². The summed E-state index contributed by atoms with van der Waals surface area (Å²) in [5.74, 6) is 2.09. The molecule has 3 saturated heterocycles. The summed E-state index contributed by atoms with van der Waals surface area (Å²) in [6, 6.07) is 4.06. The number of carbonyl (C=O) groups excluding carboxylic acids is 2. The number of amides is 2. The van der Waals surface area contributed by atoms with Crippen LogP contribution < -0.4 is 4.90 Å². The molecule has 4 rings (SSSR count). The van der Waals surface area contributed by atoms with Crippen LogP contribution in [0, 0.1) is 11.8 Å². The second-order valence-corrected chi connectivity index (χ2v) is 7.85. The van der Waals surface area contributed by atoms with Crippen LogP contribution in [0.25, 0.3) is 0 Å². The molecule has 0 saturated carbocycles. The maximum absolute atomic E-state index is 12.5. The third-order valence-corrected chi connectivity index (χ3v) is 5.90.